The van der Waals surface area contributed by atoms with Gasteiger partial charge in [-0.25, -0.2) is 9.37 Å². The van der Waals surface area contributed by atoms with E-state index >= 15 is 0 Å². The van der Waals surface area contributed by atoms with Gasteiger partial charge in [0.1, 0.15) is 11.9 Å². The highest BCUT2D eigenvalue weighted by atomic mass is 19.1. The lowest BCUT2D eigenvalue weighted by Crippen LogP contribution is -2.42. The molecule has 3 aromatic rings. The van der Waals surface area contributed by atoms with Gasteiger partial charge in [-0.15, -0.1) is 0 Å². The van der Waals surface area contributed by atoms with Crippen LogP contribution in [0.3, 0.4) is 0 Å². The van der Waals surface area contributed by atoms with E-state index in [1.54, 1.807) is 18.3 Å². The average molecular weight is 394 g/mol. The monoisotopic (exact) mass is 394 g/mol. The molecule has 2 aromatic carbocycles. The Morgan fingerprint density at radius 1 is 1.14 bits per heavy atom. The number of carbonyl (C=O) groups excluding carboxylic acids is 1. The highest BCUT2D eigenvalue weighted by molar-refractivity contribution is 5.76. The number of halogens is 1. The predicted octanol–water partition coefficient (Wildman–Crippen LogP) is 4.40. The molecular weight excluding hydrogens is 371 g/mol. The van der Waals surface area contributed by atoms with E-state index < -0.39 is 0 Å². The molecule has 1 aliphatic rings. The minimum Gasteiger partial charge on any atom is -0.441 e. The molecule has 5 nitrogen and oxygen atoms in total. The third-order valence-electron chi connectivity index (χ3n) is 5.05. The topological polar surface area (TPSA) is 55.6 Å². The second kappa shape index (κ2) is 9.01. The van der Waals surface area contributed by atoms with Crippen molar-refractivity contribution in [2.24, 2.45) is 0 Å². The summed E-state index contributed by atoms with van der Waals surface area (Å²) in [6, 6.07) is 16.1. The molecule has 0 radical (unpaired) electrons. The number of amides is 1. The van der Waals surface area contributed by atoms with Crippen LogP contribution in [0.15, 0.2) is 65.2 Å². The number of hydrogen-bond donors (Lipinski definition) is 0. The summed E-state index contributed by atoms with van der Waals surface area (Å²) in [6.45, 7) is 1.54. The van der Waals surface area contributed by atoms with Crippen LogP contribution in [0.25, 0.3) is 11.3 Å². The second-order valence-corrected chi connectivity index (χ2v) is 7.09. The Labute approximate surface area is 169 Å². The Morgan fingerprint density at radius 3 is 2.72 bits per heavy atom. The molecule has 0 unspecified atom stereocenters. The van der Waals surface area contributed by atoms with Crippen LogP contribution in [0.5, 0.6) is 0 Å². The fourth-order valence-electron chi connectivity index (χ4n) is 3.47. The van der Waals surface area contributed by atoms with E-state index in [1.165, 1.54) is 12.1 Å². The fourth-order valence-corrected chi connectivity index (χ4v) is 3.47. The Morgan fingerprint density at radius 2 is 1.93 bits per heavy atom. The third kappa shape index (κ3) is 4.90. The number of carbonyl (C=O) groups is 1. The van der Waals surface area contributed by atoms with Gasteiger partial charge in [-0.3, -0.25) is 4.79 Å². The van der Waals surface area contributed by atoms with Crippen molar-refractivity contribution in [3.63, 3.8) is 0 Å². The number of morpholine rings is 1. The molecule has 150 valence electrons. The van der Waals surface area contributed by atoms with Crippen LogP contribution in [0.1, 0.15) is 30.4 Å². The molecule has 0 spiro atoms. The quantitative estimate of drug-likeness (QED) is 0.622. The van der Waals surface area contributed by atoms with E-state index in [4.69, 9.17) is 9.15 Å². The first-order chi connectivity index (χ1) is 14.2. The molecule has 1 amide bonds. The smallest absolute Gasteiger partial charge is 0.222 e. The minimum absolute atomic E-state index is 0.0928. The van der Waals surface area contributed by atoms with E-state index in [9.17, 15) is 9.18 Å². The normalized spacial score (nSPS) is 16.7. The van der Waals surface area contributed by atoms with Crippen molar-refractivity contribution in [2.45, 2.75) is 25.4 Å². The van der Waals surface area contributed by atoms with Crippen molar-refractivity contribution in [2.75, 3.05) is 19.7 Å². The second-order valence-electron chi connectivity index (χ2n) is 7.09. The van der Waals surface area contributed by atoms with Gasteiger partial charge >= 0.3 is 0 Å². The lowest BCUT2D eigenvalue weighted by Gasteiger charge is -2.33. The van der Waals surface area contributed by atoms with Crippen molar-refractivity contribution >= 4 is 5.91 Å². The largest absolute Gasteiger partial charge is 0.441 e. The van der Waals surface area contributed by atoms with Gasteiger partial charge < -0.3 is 14.1 Å². The van der Waals surface area contributed by atoms with E-state index in [0.29, 0.717) is 44.8 Å². The van der Waals surface area contributed by atoms with Crippen molar-refractivity contribution in [1.29, 1.82) is 0 Å². The summed E-state index contributed by atoms with van der Waals surface area (Å²) in [5.41, 5.74) is 1.87. The van der Waals surface area contributed by atoms with Gasteiger partial charge in [0.2, 0.25) is 5.91 Å². The summed E-state index contributed by atoms with van der Waals surface area (Å²) in [5.74, 6) is 1.19. The van der Waals surface area contributed by atoms with E-state index in [2.05, 4.69) is 4.98 Å². The summed E-state index contributed by atoms with van der Waals surface area (Å²) >= 11 is 0. The zero-order valence-electron chi connectivity index (χ0n) is 16.1. The predicted molar refractivity (Wildman–Crippen MR) is 107 cm³/mol. The Hall–Kier alpha value is -2.99. The van der Waals surface area contributed by atoms with Crippen LogP contribution >= 0.6 is 0 Å². The van der Waals surface area contributed by atoms with Gasteiger partial charge in [-0.1, -0.05) is 42.5 Å². The van der Waals surface area contributed by atoms with Crippen LogP contribution in [-0.2, 0) is 16.0 Å². The van der Waals surface area contributed by atoms with E-state index in [0.717, 1.165) is 16.9 Å². The summed E-state index contributed by atoms with van der Waals surface area (Å²) < 4.78 is 24.7. The molecule has 6 heteroatoms. The van der Waals surface area contributed by atoms with Crippen molar-refractivity contribution in [3.05, 3.63) is 78.1 Å². The highest BCUT2D eigenvalue weighted by Crippen LogP contribution is 2.24. The molecule has 0 bridgehead atoms. The van der Waals surface area contributed by atoms with Gasteiger partial charge in [-0.05, 0) is 24.1 Å². The first-order valence-electron chi connectivity index (χ1n) is 9.84. The van der Waals surface area contributed by atoms with Crippen molar-refractivity contribution < 1.29 is 18.3 Å². The highest BCUT2D eigenvalue weighted by Gasteiger charge is 2.25. The number of oxazole rings is 1. The summed E-state index contributed by atoms with van der Waals surface area (Å²) in [4.78, 5) is 18.7. The molecule has 1 aliphatic heterocycles. The Balaban J connectivity index is 1.27. The maximum atomic E-state index is 13.1. The Bertz CT molecular complexity index is 940. The first kappa shape index (κ1) is 19.3. The van der Waals surface area contributed by atoms with E-state index in [-0.39, 0.29) is 17.8 Å². The SMILES string of the molecule is O=C(CCCc1ncc(-c2ccccc2)o1)N1CCO[C@H](c2ccc(F)cc2)C1. The summed E-state index contributed by atoms with van der Waals surface area (Å²) in [6.07, 6.45) is 3.23. The van der Waals surface area contributed by atoms with Crippen molar-refractivity contribution in [1.82, 2.24) is 9.88 Å². The fraction of sp³-hybridized carbons (Fsp3) is 0.304. The zero-order valence-corrected chi connectivity index (χ0v) is 16.1. The van der Waals surface area contributed by atoms with Crippen LogP contribution in [0.2, 0.25) is 0 Å². The number of ether oxygens (including phenoxy) is 1. The van der Waals surface area contributed by atoms with Gasteiger partial charge in [0.25, 0.3) is 0 Å². The van der Waals surface area contributed by atoms with Gasteiger partial charge in [0.05, 0.1) is 19.3 Å². The summed E-state index contributed by atoms with van der Waals surface area (Å²) in [5, 5.41) is 0. The van der Waals surface area contributed by atoms with Crippen LogP contribution < -0.4 is 0 Å². The van der Waals surface area contributed by atoms with Crippen LogP contribution in [-0.4, -0.2) is 35.5 Å². The lowest BCUT2D eigenvalue weighted by atomic mass is 10.1. The standard InChI is InChI=1S/C23H23FN2O3/c24-19-11-9-18(10-12-19)21-16-26(13-14-28-21)23(27)8-4-7-22-25-15-20(29-22)17-5-2-1-3-6-17/h1-3,5-6,9-12,15,21H,4,7-8,13-14,16H2/t21-/m0/s1. The zero-order chi connectivity index (χ0) is 20.1. The molecule has 29 heavy (non-hydrogen) atoms. The number of aromatic nitrogens is 1. The number of aryl methyl sites for hydroxylation is 1. The number of nitrogens with zero attached hydrogens (tertiary/aromatic N) is 2. The molecular formula is C23H23FN2O3. The maximum absolute atomic E-state index is 13.1. The molecule has 0 saturated carbocycles. The van der Waals surface area contributed by atoms with Gasteiger partial charge in [0.15, 0.2) is 11.7 Å². The molecule has 1 saturated heterocycles. The minimum atomic E-state index is -0.278. The lowest BCUT2D eigenvalue weighted by molar-refractivity contribution is -0.139. The third-order valence-corrected chi connectivity index (χ3v) is 5.05. The number of rotatable bonds is 6. The van der Waals surface area contributed by atoms with Gasteiger partial charge in [0, 0.05) is 24.9 Å². The molecule has 4 rings (SSSR count). The first-order valence-corrected chi connectivity index (χ1v) is 9.84. The Kier molecular flexibility index (Phi) is 6.00. The van der Waals surface area contributed by atoms with Gasteiger partial charge in [-0.2, -0.15) is 0 Å². The molecule has 1 aromatic heterocycles. The van der Waals surface area contributed by atoms with Crippen LogP contribution in [0.4, 0.5) is 4.39 Å². The molecule has 0 N–H and O–H groups in total. The summed E-state index contributed by atoms with van der Waals surface area (Å²) in [7, 11) is 0. The molecule has 2 heterocycles. The average Bonchev–Trinajstić information content (AvgIpc) is 3.24. The molecule has 1 fully saturated rings. The van der Waals surface area contributed by atoms with Crippen LogP contribution in [0, 0.1) is 5.82 Å². The van der Waals surface area contributed by atoms with Crippen molar-refractivity contribution in [3.8, 4) is 11.3 Å². The molecule has 0 aliphatic carbocycles. The molecule has 1 atom stereocenters. The maximum Gasteiger partial charge on any atom is 0.222 e. The number of hydrogen-bond acceptors (Lipinski definition) is 4. The number of benzene rings is 2. The van der Waals surface area contributed by atoms with E-state index in [1.807, 2.05) is 35.2 Å².